The Morgan fingerprint density at radius 1 is 0.350 bits per heavy atom. The lowest BCUT2D eigenvalue weighted by molar-refractivity contribution is -0.151. The van der Waals surface area contributed by atoms with Crippen LogP contribution in [0.1, 0.15) is 303 Å². The van der Waals surface area contributed by atoms with Gasteiger partial charge in [-0.3, -0.25) is 14.4 Å². The summed E-state index contributed by atoms with van der Waals surface area (Å²) < 4.78 is 12.1. The van der Waals surface area contributed by atoms with Crippen LogP contribution in [0.3, 0.4) is 0 Å². The predicted molar refractivity (Wildman–Crippen MR) is 257 cm³/mol. The number of ether oxygens (including phenoxy) is 2. The number of aliphatic carboxylic acids is 1. The average Bonchev–Trinajstić information content (AvgIpc) is 3.23. The first-order valence-corrected chi connectivity index (χ1v) is 26.7. The molecular formula is C54H102O6. The monoisotopic (exact) mass is 847 g/mol. The van der Waals surface area contributed by atoms with Gasteiger partial charge in [-0.25, -0.2) is 0 Å². The third-order valence-corrected chi connectivity index (χ3v) is 12.3. The summed E-state index contributed by atoms with van der Waals surface area (Å²) in [6.45, 7) is 6.79. The topological polar surface area (TPSA) is 89.9 Å². The molecule has 0 aliphatic carbocycles. The Hall–Kier alpha value is -1.85. The molecule has 0 fully saturated rings. The van der Waals surface area contributed by atoms with Crippen LogP contribution in [0.5, 0.6) is 0 Å². The lowest BCUT2D eigenvalue weighted by Crippen LogP contribution is -2.18. The van der Waals surface area contributed by atoms with Gasteiger partial charge in [0.25, 0.3) is 0 Å². The fourth-order valence-electron chi connectivity index (χ4n) is 8.36. The van der Waals surface area contributed by atoms with Crippen LogP contribution in [0, 0.1) is 0 Å². The number of hydrogen-bond acceptors (Lipinski definition) is 5. The highest BCUT2D eigenvalue weighted by Crippen LogP contribution is 2.21. The van der Waals surface area contributed by atoms with E-state index < -0.39 is 5.97 Å². The van der Waals surface area contributed by atoms with Crippen LogP contribution in [0.15, 0.2) is 12.2 Å². The third-order valence-electron chi connectivity index (χ3n) is 12.3. The Labute approximate surface area is 373 Å². The maximum Gasteiger partial charge on any atom is 0.306 e. The zero-order chi connectivity index (χ0) is 43.8. The minimum absolute atomic E-state index is 0.0000951. The van der Waals surface area contributed by atoms with E-state index in [9.17, 15) is 14.4 Å². The van der Waals surface area contributed by atoms with Crippen molar-refractivity contribution >= 4 is 17.9 Å². The van der Waals surface area contributed by atoms with Gasteiger partial charge in [0, 0.05) is 19.3 Å². The van der Waals surface area contributed by atoms with E-state index in [2.05, 4.69) is 32.9 Å². The SMILES string of the molecule is CCCCCCCC/C=C/CCCCCCCC(=O)OC(CCCCCCCCC)CCCCCCCC(=O)OC(CCCCCCCCC)CCCCCCCC(=O)O. The zero-order valence-electron chi connectivity index (χ0n) is 40.4. The minimum Gasteiger partial charge on any atom is -0.481 e. The molecule has 0 amide bonds. The maximum absolute atomic E-state index is 12.9. The summed E-state index contributed by atoms with van der Waals surface area (Å²) >= 11 is 0. The molecule has 0 heterocycles. The van der Waals surface area contributed by atoms with Crippen LogP contribution < -0.4 is 0 Å². The number of esters is 2. The van der Waals surface area contributed by atoms with Gasteiger partial charge in [0.1, 0.15) is 12.2 Å². The largest absolute Gasteiger partial charge is 0.481 e. The summed E-state index contributed by atoms with van der Waals surface area (Å²) in [6, 6.07) is 0. The molecule has 6 heteroatoms. The van der Waals surface area contributed by atoms with Crippen molar-refractivity contribution in [2.24, 2.45) is 0 Å². The van der Waals surface area contributed by atoms with E-state index in [1.54, 1.807) is 0 Å². The van der Waals surface area contributed by atoms with Crippen LogP contribution in [-0.2, 0) is 23.9 Å². The third kappa shape index (κ3) is 45.7. The van der Waals surface area contributed by atoms with Crippen molar-refractivity contribution in [2.75, 3.05) is 0 Å². The lowest BCUT2D eigenvalue weighted by Gasteiger charge is -2.19. The maximum atomic E-state index is 12.9. The van der Waals surface area contributed by atoms with E-state index in [1.807, 2.05) is 0 Å². The number of carbonyl (C=O) groups excluding carboxylic acids is 2. The molecule has 0 aromatic heterocycles. The second kappa shape index (κ2) is 48.2. The smallest absolute Gasteiger partial charge is 0.306 e. The van der Waals surface area contributed by atoms with E-state index in [4.69, 9.17) is 14.6 Å². The molecule has 0 bridgehead atoms. The number of carboxylic acids is 1. The molecule has 0 saturated carbocycles. The first kappa shape index (κ1) is 58.1. The molecule has 0 aliphatic heterocycles. The average molecular weight is 847 g/mol. The molecule has 6 nitrogen and oxygen atoms in total. The van der Waals surface area contributed by atoms with Crippen molar-refractivity contribution in [2.45, 2.75) is 315 Å². The quantitative estimate of drug-likeness (QED) is 0.0373. The second-order valence-electron chi connectivity index (χ2n) is 18.4. The summed E-state index contributed by atoms with van der Waals surface area (Å²) in [5.74, 6) is -0.756. The number of rotatable bonds is 49. The highest BCUT2D eigenvalue weighted by atomic mass is 16.5. The van der Waals surface area contributed by atoms with Crippen LogP contribution in [0.4, 0.5) is 0 Å². The van der Waals surface area contributed by atoms with Gasteiger partial charge < -0.3 is 14.6 Å². The van der Waals surface area contributed by atoms with Gasteiger partial charge in [0.05, 0.1) is 0 Å². The molecule has 0 radical (unpaired) electrons. The molecule has 0 aliphatic rings. The van der Waals surface area contributed by atoms with E-state index in [-0.39, 0.29) is 30.6 Å². The van der Waals surface area contributed by atoms with Crippen molar-refractivity contribution in [3.63, 3.8) is 0 Å². The van der Waals surface area contributed by atoms with E-state index in [0.717, 1.165) is 116 Å². The van der Waals surface area contributed by atoms with Gasteiger partial charge in [0.15, 0.2) is 0 Å². The highest BCUT2D eigenvalue weighted by Gasteiger charge is 2.16. The molecule has 0 aromatic rings. The van der Waals surface area contributed by atoms with Crippen LogP contribution in [0.25, 0.3) is 0 Å². The number of carboxylic acid groups (broad SMARTS) is 1. The van der Waals surface area contributed by atoms with Crippen molar-refractivity contribution in [1.29, 1.82) is 0 Å². The standard InChI is InChI=1S/C54H102O6/c1-4-7-10-13-16-17-18-19-20-21-22-23-26-34-41-48-53(57)59-51(44-37-30-25-15-12-9-6-3)46-39-32-28-35-42-49-54(58)60-50(43-36-29-24-14-11-8-5-2)45-38-31-27-33-40-47-52(55)56/h19-20,50-51H,4-18,21-49H2,1-3H3,(H,55,56)/b20-19+. The molecule has 354 valence electrons. The van der Waals surface area contributed by atoms with Crippen LogP contribution >= 0.6 is 0 Å². The zero-order valence-corrected chi connectivity index (χ0v) is 40.4. The van der Waals surface area contributed by atoms with Gasteiger partial charge in [-0.2, -0.15) is 0 Å². The Morgan fingerprint density at radius 3 is 0.900 bits per heavy atom. The summed E-state index contributed by atoms with van der Waals surface area (Å²) in [5.41, 5.74) is 0. The number of hydrogen-bond donors (Lipinski definition) is 1. The fourth-order valence-corrected chi connectivity index (χ4v) is 8.36. The molecule has 60 heavy (non-hydrogen) atoms. The Morgan fingerprint density at radius 2 is 0.600 bits per heavy atom. The summed E-state index contributed by atoms with van der Waals surface area (Å²) in [4.78, 5) is 36.5. The number of carbonyl (C=O) groups is 3. The second-order valence-corrected chi connectivity index (χ2v) is 18.4. The Kier molecular flexibility index (Phi) is 46.7. The van der Waals surface area contributed by atoms with Crippen molar-refractivity contribution in [3.8, 4) is 0 Å². The number of allylic oxidation sites excluding steroid dienone is 2. The van der Waals surface area contributed by atoms with E-state index >= 15 is 0 Å². The van der Waals surface area contributed by atoms with Gasteiger partial charge in [-0.05, 0) is 96.3 Å². The molecule has 2 unspecified atom stereocenters. The first-order valence-electron chi connectivity index (χ1n) is 26.7. The fraction of sp³-hybridized carbons (Fsp3) is 0.907. The predicted octanol–water partition coefficient (Wildman–Crippen LogP) is 17.7. The van der Waals surface area contributed by atoms with Gasteiger partial charge in [-0.1, -0.05) is 200 Å². The van der Waals surface area contributed by atoms with Crippen molar-refractivity contribution in [3.05, 3.63) is 12.2 Å². The molecule has 2 atom stereocenters. The Bertz CT molecular complexity index is 946. The van der Waals surface area contributed by atoms with E-state index in [0.29, 0.717) is 12.8 Å². The van der Waals surface area contributed by atoms with Gasteiger partial charge in [-0.15, -0.1) is 0 Å². The Balaban J connectivity index is 4.44. The molecule has 1 N–H and O–H groups in total. The van der Waals surface area contributed by atoms with Gasteiger partial charge >= 0.3 is 17.9 Å². The number of unbranched alkanes of at least 4 members (excludes halogenated alkanes) is 31. The molecule has 0 spiro atoms. The molecule has 0 aromatic carbocycles. The highest BCUT2D eigenvalue weighted by molar-refractivity contribution is 5.69. The van der Waals surface area contributed by atoms with Crippen molar-refractivity contribution < 1.29 is 29.0 Å². The lowest BCUT2D eigenvalue weighted by atomic mass is 10.0. The molecule has 0 saturated heterocycles. The van der Waals surface area contributed by atoms with E-state index in [1.165, 1.54) is 148 Å². The van der Waals surface area contributed by atoms with Crippen LogP contribution in [-0.4, -0.2) is 35.2 Å². The summed E-state index contributed by atoms with van der Waals surface area (Å²) in [6.07, 6.45) is 54.1. The molecular weight excluding hydrogens is 745 g/mol. The van der Waals surface area contributed by atoms with Crippen LogP contribution in [0.2, 0.25) is 0 Å². The molecule has 0 rings (SSSR count). The normalized spacial score (nSPS) is 12.6. The minimum atomic E-state index is -0.712. The van der Waals surface area contributed by atoms with Gasteiger partial charge in [0.2, 0.25) is 0 Å². The summed E-state index contributed by atoms with van der Waals surface area (Å²) in [7, 11) is 0. The first-order chi connectivity index (χ1) is 29.4. The van der Waals surface area contributed by atoms with Crippen molar-refractivity contribution in [1.82, 2.24) is 0 Å². The summed E-state index contributed by atoms with van der Waals surface area (Å²) in [5, 5.41) is 8.87.